The van der Waals surface area contributed by atoms with E-state index in [-0.39, 0.29) is 24.0 Å². The molecule has 2 aliphatic rings. The highest BCUT2D eigenvalue weighted by atomic mass is 127. The van der Waals surface area contributed by atoms with Crippen molar-refractivity contribution >= 4 is 35.6 Å². The van der Waals surface area contributed by atoms with Crippen LogP contribution in [0.15, 0.2) is 35.3 Å². The van der Waals surface area contributed by atoms with Crippen molar-refractivity contribution in [3.8, 4) is 0 Å². The van der Waals surface area contributed by atoms with Crippen molar-refractivity contribution in [2.24, 2.45) is 16.8 Å². The Hall–Kier alpha value is -1.02. The summed E-state index contributed by atoms with van der Waals surface area (Å²) < 4.78 is 0. The lowest BCUT2D eigenvalue weighted by Gasteiger charge is -2.30. The van der Waals surface area contributed by atoms with E-state index in [1.165, 1.54) is 51.0 Å². The van der Waals surface area contributed by atoms with Crippen molar-refractivity contribution in [2.45, 2.75) is 32.6 Å². The first-order chi connectivity index (χ1) is 13.2. The van der Waals surface area contributed by atoms with E-state index in [0.717, 1.165) is 38.1 Å². The topological polar surface area (TPSA) is 42.9 Å². The Bertz CT molecular complexity index is 572. The molecule has 0 amide bonds. The lowest BCUT2D eigenvalue weighted by molar-refractivity contribution is 0.191. The molecule has 0 aliphatic carbocycles. The number of hydrogen-bond acceptors (Lipinski definition) is 3. The zero-order chi connectivity index (χ0) is 18.9. The highest BCUT2D eigenvalue weighted by Crippen LogP contribution is 2.22. The molecule has 158 valence electrons. The van der Waals surface area contributed by atoms with E-state index in [1.54, 1.807) is 0 Å². The number of halogens is 1. The quantitative estimate of drug-likeness (QED) is 0.261. The zero-order valence-electron chi connectivity index (χ0n) is 17.6. The minimum atomic E-state index is 0. The van der Waals surface area contributed by atoms with Crippen LogP contribution in [0.5, 0.6) is 0 Å². The number of nitrogens with zero attached hydrogens (tertiary/aromatic N) is 3. The fraction of sp³-hybridized carbons (Fsp3) is 0.682. The number of anilines is 1. The van der Waals surface area contributed by atoms with Gasteiger partial charge in [-0.1, -0.05) is 25.1 Å². The number of piperidine rings is 1. The summed E-state index contributed by atoms with van der Waals surface area (Å²) in [5, 5.41) is 7.01. The normalized spacial score (nSPS) is 21.4. The molecule has 0 bridgehead atoms. The molecule has 3 rings (SSSR count). The van der Waals surface area contributed by atoms with E-state index in [9.17, 15) is 0 Å². The van der Waals surface area contributed by atoms with Gasteiger partial charge in [-0.3, -0.25) is 4.99 Å². The molecule has 0 radical (unpaired) electrons. The lowest BCUT2D eigenvalue weighted by atomic mass is 9.99. The number of guanidine groups is 1. The third-order valence-electron chi connectivity index (χ3n) is 6.01. The largest absolute Gasteiger partial charge is 0.371 e. The van der Waals surface area contributed by atoms with Gasteiger partial charge in [-0.05, 0) is 69.3 Å². The Kier molecular flexibility index (Phi) is 10.4. The van der Waals surface area contributed by atoms with E-state index >= 15 is 0 Å². The summed E-state index contributed by atoms with van der Waals surface area (Å²) in [6, 6.07) is 10.7. The summed E-state index contributed by atoms with van der Waals surface area (Å²) in [5.74, 6) is 2.54. The van der Waals surface area contributed by atoms with Crippen LogP contribution in [0.1, 0.15) is 32.6 Å². The molecule has 28 heavy (non-hydrogen) atoms. The fourth-order valence-electron chi connectivity index (χ4n) is 4.13. The number of para-hydroxylation sites is 1. The molecule has 0 saturated carbocycles. The Morgan fingerprint density at radius 1 is 1.07 bits per heavy atom. The van der Waals surface area contributed by atoms with Crippen LogP contribution < -0.4 is 15.5 Å². The molecule has 1 unspecified atom stereocenters. The lowest BCUT2D eigenvalue weighted by Crippen LogP contribution is -2.41. The minimum absolute atomic E-state index is 0. The summed E-state index contributed by atoms with van der Waals surface area (Å²) in [4.78, 5) is 9.48. The Morgan fingerprint density at radius 2 is 1.82 bits per heavy atom. The van der Waals surface area contributed by atoms with Gasteiger partial charge in [-0.15, -0.1) is 24.0 Å². The highest BCUT2D eigenvalue weighted by Gasteiger charge is 2.22. The van der Waals surface area contributed by atoms with Gasteiger partial charge in [0, 0.05) is 38.9 Å². The molecule has 2 saturated heterocycles. The Labute approximate surface area is 188 Å². The van der Waals surface area contributed by atoms with E-state index in [0.29, 0.717) is 5.92 Å². The molecule has 0 spiro atoms. The molecule has 2 fully saturated rings. The van der Waals surface area contributed by atoms with Gasteiger partial charge in [0.2, 0.25) is 0 Å². The first-order valence-electron chi connectivity index (χ1n) is 10.7. The Morgan fingerprint density at radius 3 is 2.54 bits per heavy atom. The maximum Gasteiger partial charge on any atom is 0.190 e. The molecule has 2 heterocycles. The van der Waals surface area contributed by atoms with Gasteiger partial charge in [0.1, 0.15) is 0 Å². The number of nitrogens with one attached hydrogen (secondary N) is 2. The number of benzene rings is 1. The van der Waals surface area contributed by atoms with Crippen LogP contribution in [0.2, 0.25) is 0 Å². The van der Waals surface area contributed by atoms with Gasteiger partial charge in [0.25, 0.3) is 0 Å². The summed E-state index contributed by atoms with van der Waals surface area (Å²) >= 11 is 0. The maximum atomic E-state index is 4.39. The molecule has 2 N–H and O–H groups in total. The van der Waals surface area contributed by atoms with Crippen molar-refractivity contribution in [1.29, 1.82) is 0 Å². The summed E-state index contributed by atoms with van der Waals surface area (Å²) in [7, 11) is 1.87. The highest BCUT2D eigenvalue weighted by molar-refractivity contribution is 14.0. The van der Waals surface area contributed by atoms with Crippen LogP contribution in [-0.2, 0) is 0 Å². The first-order valence-corrected chi connectivity index (χ1v) is 10.7. The van der Waals surface area contributed by atoms with Gasteiger partial charge >= 0.3 is 0 Å². The second-order valence-corrected chi connectivity index (χ2v) is 8.19. The van der Waals surface area contributed by atoms with Crippen molar-refractivity contribution in [3.05, 3.63) is 30.3 Å². The van der Waals surface area contributed by atoms with Crippen LogP contribution >= 0.6 is 24.0 Å². The van der Waals surface area contributed by atoms with Crippen molar-refractivity contribution in [2.75, 3.05) is 57.8 Å². The van der Waals surface area contributed by atoms with Crippen LogP contribution in [-0.4, -0.2) is 63.7 Å². The maximum absolute atomic E-state index is 4.39. The van der Waals surface area contributed by atoms with Crippen molar-refractivity contribution in [1.82, 2.24) is 15.5 Å². The number of hydrogen-bond donors (Lipinski definition) is 2. The molecule has 2 aliphatic heterocycles. The summed E-state index contributed by atoms with van der Waals surface area (Å²) in [6.07, 6.45) is 5.14. The van der Waals surface area contributed by atoms with Gasteiger partial charge in [0.15, 0.2) is 5.96 Å². The smallest absolute Gasteiger partial charge is 0.190 e. The number of likely N-dealkylation sites (tertiary alicyclic amines) is 1. The van der Waals surface area contributed by atoms with Crippen LogP contribution in [0.3, 0.4) is 0 Å². The standard InChI is InChI=1S/C22H37N5.HI/c1-19-9-14-26(15-10-19)13-6-12-24-22(23-2)25-17-20-11-16-27(18-20)21-7-4-3-5-8-21;/h3-5,7-8,19-20H,6,9-18H2,1-2H3,(H2,23,24,25);1H. The number of rotatable bonds is 7. The monoisotopic (exact) mass is 499 g/mol. The fourth-order valence-corrected chi connectivity index (χ4v) is 4.13. The summed E-state index contributed by atoms with van der Waals surface area (Å²) in [6.45, 7) is 10.4. The predicted molar refractivity (Wildman–Crippen MR) is 131 cm³/mol. The molecule has 1 atom stereocenters. The second-order valence-electron chi connectivity index (χ2n) is 8.19. The second kappa shape index (κ2) is 12.5. The average Bonchev–Trinajstić information content (AvgIpc) is 3.18. The van der Waals surface area contributed by atoms with Gasteiger partial charge in [-0.25, -0.2) is 0 Å². The van der Waals surface area contributed by atoms with Crippen molar-refractivity contribution in [3.63, 3.8) is 0 Å². The molecular formula is C22H38IN5. The molecule has 1 aromatic rings. The van der Waals surface area contributed by atoms with Crippen molar-refractivity contribution < 1.29 is 0 Å². The molecular weight excluding hydrogens is 461 g/mol. The SMILES string of the molecule is CN=C(NCCCN1CCC(C)CC1)NCC1CCN(c2ccccc2)C1.I. The molecule has 0 aromatic heterocycles. The Balaban J connectivity index is 0.00000280. The van der Waals surface area contributed by atoms with Gasteiger partial charge in [-0.2, -0.15) is 0 Å². The molecule has 6 heteroatoms. The van der Waals surface area contributed by atoms with Crippen LogP contribution in [0.4, 0.5) is 5.69 Å². The molecule has 5 nitrogen and oxygen atoms in total. The van der Waals surface area contributed by atoms with Crippen LogP contribution in [0.25, 0.3) is 0 Å². The summed E-state index contributed by atoms with van der Waals surface area (Å²) in [5.41, 5.74) is 1.34. The minimum Gasteiger partial charge on any atom is -0.371 e. The number of aliphatic imine (C=N–C) groups is 1. The van der Waals surface area contributed by atoms with E-state index in [2.05, 4.69) is 62.7 Å². The first kappa shape index (κ1) is 23.3. The van der Waals surface area contributed by atoms with E-state index < -0.39 is 0 Å². The molecule has 1 aromatic carbocycles. The van der Waals surface area contributed by atoms with Crippen LogP contribution in [0, 0.1) is 11.8 Å². The van der Waals surface area contributed by atoms with Gasteiger partial charge < -0.3 is 20.4 Å². The third-order valence-corrected chi connectivity index (χ3v) is 6.01. The average molecular weight is 499 g/mol. The zero-order valence-corrected chi connectivity index (χ0v) is 19.9. The van der Waals surface area contributed by atoms with E-state index in [4.69, 9.17) is 0 Å². The third kappa shape index (κ3) is 7.43. The van der Waals surface area contributed by atoms with Gasteiger partial charge in [0.05, 0.1) is 0 Å². The predicted octanol–water partition coefficient (Wildman–Crippen LogP) is 3.42. The van der Waals surface area contributed by atoms with E-state index in [1.807, 2.05) is 7.05 Å².